The molecule has 3 aromatic rings. The first-order valence-corrected chi connectivity index (χ1v) is 6.30. The summed E-state index contributed by atoms with van der Waals surface area (Å²) in [5, 5.41) is 17.5. The van der Waals surface area contributed by atoms with E-state index in [2.05, 4.69) is 10.2 Å². The highest BCUT2D eigenvalue weighted by atomic mass is 16.4. The minimum absolute atomic E-state index is 0.151. The van der Waals surface area contributed by atoms with Gasteiger partial charge in [0.2, 0.25) is 0 Å². The van der Waals surface area contributed by atoms with E-state index in [4.69, 9.17) is 5.11 Å². The molecule has 102 valence electrons. The van der Waals surface area contributed by atoms with Gasteiger partial charge in [-0.05, 0) is 12.5 Å². The maximum absolute atomic E-state index is 10.8. The molecule has 0 saturated heterocycles. The average Bonchev–Trinajstić information content (AvgIpc) is 2.94. The molecule has 0 unspecified atom stereocenters. The molecular weight excluding hydrogens is 256 g/mol. The van der Waals surface area contributed by atoms with Crippen LogP contribution in [0.25, 0.3) is 11.0 Å². The second-order valence-electron chi connectivity index (χ2n) is 4.66. The third kappa shape index (κ3) is 2.16. The number of nitrogens with zero attached hydrogens (tertiary/aromatic N) is 4. The van der Waals surface area contributed by atoms with Gasteiger partial charge in [0.1, 0.15) is 17.6 Å². The van der Waals surface area contributed by atoms with E-state index < -0.39 is 5.97 Å². The van der Waals surface area contributed by atoms with Crippen molar-refractivity contribution in [1.82, 2.24) is 19.6 Å². The maximum atomic E-state index is 10.8. The van der Waals surface area contributed by atoms with Crippen molar-refractivity contribution in [2.75, 3.05) is 0 Å². The lowest BCUT2D eigenvalue weighted by atomic mass is 10.2. The molecule has 0 bridgehead atoms. The number of aliphatic carboxylic acids is 1. The fraction of sp³-hybridized carbons (Fsp3) is 0.214. The number of carbonyl (C=O) groups is 1. The van der Waals surface area contributed by atoms with Crippen LogP contribution < -0.4 is 0 Å². The van der Waals surface area contributed by atoms with Gasteiger partial charge in [0, 0.05) is 0 Å². The van der Waals surface area contributed by atoms with Gasteiger partial charge in [-0.3, -0.25) is 14.2 Å². The topological polar surface area (TPSA) is 72.9 Å². The van der Waals surface area contributed by atoms with Crippen LogP contribution in [0, 0.1) is 6.92 Å². The SMILES string of the molecule is Cc1nn(Cc2ccccc2)c2cnn(CC(=O)O)c12. The first-order valence-electron chi connectivity index (χ1n) is 6.30. The summed E-state index contributed by atoms with van der Waals surface area (Å²) in [4.78, 5) is 10.8. The van der Waals surface area contributed by atoms with E-state index in [-0.39, 0.29) is 6.54 Å². The fourth-order valence-electron chi connectivity index (χ4n) is 2.34. The van der Waals surface area contributed by atoms with E-state index in [1.807, 2.05) is 41.9 Å². The summed E-state index contributed by atoms with van der Waals surface area (Å²) >= 11 is 0. The van der Waals surface area contributed by atoms with Crippen LogP contribution in [-0.2, 0) is 17.9 Å². The van der Waals surface area contributed by atoms with Crippen molar-refractivity contribution in [2.24, 2.45) is 0 Å². The Morgan fingerprint density at radius 1 is 1.25 bits per heavy atom. The lowest BCUT2D eigenvalue weighted by Gasteiger charge is -2.01. The number of hydrogen-bond donors (Lipinski definition) is 1. The predicted molar refractivity (Wildman–Crippen MR) is 73.4 cm³/mol. The van der Waals surface area contributed by atoms with Crippen molar-refractivity contribution in [2.45, 2.75) is 20.0 Å². The molecule has 2 heterocycles. The number of rotatable bonds is 4. The molecule has 1 aromatic carbocycles. The highest BCUT2D eigenvalue weighted by Crippen LogP contribution is 2.19. The highest BCUT2D eigenvalue weighted by Gasteiger charge is 2.15. The number of fused-ring (bicyclic) bond motifs is 1. The summed E-state index contributed by atoms with van der Waals surface area (Å²) < 4.78 is 3.33. The molecule has 1 N–H and O–H groups in total. The molecule has 6 nitrogen and oxygen atoms in total. The van der Waals surface area contributed by atoms with Crippen molar-refractivity contribution in [3.63, 3.8) is 0 Å². The zero-order valence-corrected chi connectivity index (χ0v) is 11.0. The summed E-state index contributed by atoms with van der Waals surface area (Å²) in [5.74, 6) is -0.912. The number of benzene rings is 1. The van der Waals surface area contributed by atoms with Crippen LogP contribution in [0.3, 0.4) is 0 Å². The van der Waals surface area contributed by atoms with E-state index in [0.29, 0.717) is 6.54 Å². The second kappa shape index (κ2) is 4.80. The summed E-state index contributed by atoms with van der Waals surface area (Å²) in [5.41, 5.74) is 3.56. The molecule has 0 aliphatic carbocycles. The quantitative estimate of drug-likeness (QED) is 0.782. The van der Waals surface area contributed by atoms with Gasteiger partial charge in [0.15, 0.2) is 0 Å². The minimum Gasteiger partial charge on any atom is -0.480 e. The van der Waals surface area contributed by atoms with Crippen molar-refractivity contribution < 1.29 is 9.90 Å². The summed E-state index contributed by atoms with van der Waals surface area (Å²) in [6, 6.07) is 10.0. The van der Waals surface area contributed by atoms with Gasteiger partial charge in [-0.1, -0.05) is 30.3 Å². The molecule has 0 aliphatic heterocycles. The first kappa shape index (κ1) is 12.4. The predicted octanol–water partition coefficient (Wildman–Crippen LogP) is 1.67. The van der Waals surface area contributed by atoms with E-state index in [0.717, 1.165) is 22.3 Å². The van der Waals surface area contributed by atoms with Crippen molar-refractivity contribution >= 4 is 17.0 Å². The Balaban J connectivity index is 2.01. The molecule has 0 spiro atoms. The molecule has 0 atom stereocenters. The molecule has 6 heteroatoms. The smallest absolute Gasteiger partial charge is 0.325 e. The number of hydrogen-bond acceptors (Lipinski definition) is 3. The number of carboxylic acid groups (broad SMARTS) is 1. The Bertz CT molecular complexity index is 758. The van der Waals surface area contributed by atoms with Crippen LogP contribution in [0.4, 0.5) is 0 Å². The first-order chi connectivity index (χ1) is 9.65. The van der Waals surface area contributed by atoms with E-state index in [9.17, 15) is 4.79 Å². The van der Waals surface area contributed by atoms with Gasteiger partial charge in [-0.15, -0.1) is 0 Å². The lowest BCUT2D eigenvalue weighted by molar-refractivity contribution is -0.137. The second-order valence-corrected chi connectivity index (χ2v) is 4.66. The minimum atomic E-state index is -0.912. The van der Waals surface area contributed by atoms with Crippen LogP contribution in [0.1, 0.15) is 11.3 Å². The van der Waals surface area contributed by atoms with Gasteiger partial charge in [0.25, 0.3) is 0 Å². The molecular formula is C14H14N4O2. The van der Waals surface area contributed by atoms with E-state index in [1.54, 1.807) is 6.20 Å². The fourth-order valence-corrected chi connectivity index (χ4v) is 2.34. The van der Waals surface area contributed by atoms with E-state index in [1.165, 1.54) is 4.68 Å². The van der Waals surface area contributed by atoms with Crippen molar-refractivity contribution in [3.8, 4) is 0 Å². The van der Waals surface area contributed by atoms with Crippen molar-refractivity contribution in [1.29, 1.82) is 0 Å². The molecule has 0 amide bonds. The molecule has 20 heavy (non-hydrogen) atoms. The normalized spacial score (nSPS) is 11.1. The van der Waals surface area contributed by atoms with Gasteiger partial charge in [-0.25, -0.2) is 0 Å². The van der Waals surface area contributed by atoms with E-state index >= 15 is 0 Å². The van der Waals surface area contributed by atoms with Gasteiger partial charge < -0.3 is 5.11 Å². The standard InChI is InChI=1S/C14H14N4O2/c1-10-14-12(7-15-18(14)9-13(19)20)17(16-10)8-11-5-3-2-4-6-11/h2-7H,8-9H2,1H3,(H,19,20). The summed E-state index contributed by atoms with van der Waals surface area (Å²) in [6.45, 7) is 2.36. The molecule has 0 aliphatic rings. The third-order valence-corrected chi connectivity index (χ3v) is 3.17. The number of aryl methyl sites for hydroxylation is 1. The molecule has 0 radical (unpaired) electrons. The highest BCUT2D eigenvalue weighted by molar-refractivity contribution is 5.79. The van der Waals surface area contributed by atoms with Crippen LogP contribution in [0.15, 0.2) is 36.5 Å². The van der Waals surface area contributed by atoms with Gasteiger partial charge in [-0.2, -0.15) is 10.2 Å². The van der Waals surface area contributed by atoms with Crippen LogP contribution in [-0.4, -0.2) is 30.6 Å². The average molecular weight is 270 g/mol. The van der Waals surface area contributed by atoms with Gasteiger partial charge in [0.05, 0.1) is 18.4 Å². The van der Waals surface area contributed by atoms with Crippen LogP contribution in [0.5, 0.6) is 0 Å². The number of carboxylic acids is 1. The zero-order chi connectivity index (χ0) is 14.1. The third-order valence-electron chi connectivity index (χ3n) is 3.17. The van der Waals surface area contributed by atoms with Gasteiger partial charge >= 0.3 is 5.97 Å². The summed E-state index contributed by atoms with van der Waals surface area (Å²) in [6.07, 6.45) is 1.67. The Labute approximate surface area is 115 Å². The monoisotopic (exact) mass is 270 g/mol. The zero-order valence-electron chi connectivity index (χ0n) is 11.0. The maximum Gasteiger partial charge on any atom is 0.325 e. The Morgan fingerprint density at radius 2 is 2.00 bits per heavy atom. The Hall–Kier alpha value is -2.63. The lowest BCUT2D eigenvalue weighted by Crippen LogP contribution is -2.09. The van der Waals surface area contributed by atoms with Crippen LogP contribution >= 0.6 is 0 Å². The molecule has 0 saturated carbocycles. The Kier molecular flexibility index (Phi) is 2.98. The Morgan fingerprint density at radius 3 is 2.70 bits per heavy atom. The largest absolute Gasteiger partial charge is 0.480 e. The van der Waals surface area contributed by atoms with Crippen LogP contribution in [0.2, 0.25) is 0 Å². The van der Waals surface area contributed by atoms with Crippen molar-refractivity contribution in [3.05, 3.63) is 47.8 Å². The molecule has 0 fully saturated rings. The molecule has 3 rings (SSSR count). The number of aromatic nitrogens is 4. The molecule has 2 aromatic heterocycles. The summed E-state index contributed by atoms with van der Waals surface area (Å²) in [7, 11) is 0.